The molecule has 2 aromatic carbocycles. The van der Waals surface area contributed by atoms with Crippen molar-refractivity contribution in [1.29, 1.82) is 0 Å². The van der Waals surface area contributed by atoms with Crippen LogP contribution in [0.3, 0.4) is 0 Å². The van der Waals surface area contributed by atoms with Gasteiger partial charge >= 0.3 is 5.97 Å². The van der Waals surface area contributed by atoms with Crippen molar-refractivity contribution in [1.82, 2.24) is 26.3 Å². The average Bonchev–Trinajstić information content (AvgIpc) is 3.44. The van der Waals surface area contributed by atoms with Gasteiger partial charge in [0.25, 0.3) is 0 Å². The summed E-state index contributed by atoms with van der Waals surface area (Å²) in [5.41, 5.74) is 13.3. The van der Waals surface area contributed by atoms with Crippen molar-refractivity contribution in [3.8, 4) is 0 Å². The van der Waals surface area contributed by atoms with E-state index in [1.165, 1.54) is 11.8 Å². The van der Waals surface area contributed by atoms with Gasteiger partial charge in [-0.2, -0.15) is 11.8 Å². The minimum absolute atomic E-state index is 0.0500. The van der Waals surface area contributed by atoms with Gasteiger partial charge in [0.2, 0.25) is 29.5 Å². The highest BCUT2D eigenvalue weighted by Crippen LogP contribution is 2.19. The van der Waals surface area contributed by atoms with Gasteiger partial charge in [0.15, 0.2) is 0 Å². The Morgan fingerprint density at radius 1 is 0.804 bits per heavy atom. The van der Waals surface area contributed by atoms with Gasteiger partial charge in [-0.15, -0.1) is 0 Å². The number of aliphatic carboxylic acids is 1. The fourth-order valence-electron chi connectivity index (χ4n) is 4.76. The molecular weight excluding hydrogens is 614 g/mol. The number of hydrogen-bond donors (Lipinski definition) is 8. The van der Waals surface area contributed by atoms with Crippen molar-refractivity contribution in [2.75, 3.05) is 18.6 Å². The number of aromatic nitrogens is 1. The molecule has 0 saturated heterocycles. The lowest BCUT2D eigenvalue weighted by atomic mass is 10.0. The van der Waals surface area contributed by atoms with Crippen LogP contribution < -0.4 is 32.7 Å². The Hall–Kier alpha value is -4.89. The van der Waals surface area contributed by atoms with Crippen LogP contribution in [0.25, 0.3) is 10.9 Å². The van der Waals surface area contributed by atoms with Crippen LogP contribution in [0.15, 0.2) is 60.8 Å². The normalized spacial score (nSPS) is 13.5. The highest BCUT2D eigenvalue weighted by atomic mass is 32.2. The van der Waals surface area contributed by atoms with E-state index in [2.05, 4.69) is 26.3 Å². The van der Waals surface area contributed by atoms with Gasteiger partial charge in [-0.05, 0) is 35.6 Å². The lowest BCUT2D eigenvalue weighted by molar-refractivity contribution is -0.141. The molecular formula is C31H39N7O7S. The van der Waals surface area contributed by atoms with E-state index in [1.54, 1.807) is 42.8 Å². The Morgan fingerprint density at radius 3 is 2.07 bits per heavy atom. The molecule has 0 aliphatic carbocycles. The van der Waals surface area contributed by atoms with E-state index >= 15 is 0 Å². The molecule has 0 saturated carbocycles. The molecule has 14 nitrogen and oxygen atoms in total. The van der Waals surface area contributed by atoms with E-state index in [-0.39, 0.29) is 25.8 Å². The topological polar surface area (TPSA) is 239 Å². The van der Waals surface area contributed by atoms with Gasteiger partial charge in [-0.3, -0.25) is 28.8 Å². The maximum absolute atomic E-state index is 13.5. The predicted octanol–water partition coefficient (Wildman–Crippen LogP) is -0.436. The molecule has 5 amide bonds. The third-order valence-electron chi connectivity index (χ3n) is 7.13. The number of carbonyl (C=O) groups is 6. The Balaban J connectivity index is 1.78. The fourth-order valence-corrected chi connectivity index (χ4v) is 5.23. The first-order chi connectivity index (χ1) is 22.0. The number of nitrogens with two attached hydrogens (primary N) is 2. The van der Waals surface area contributed by atoms with Crippen LogP contribution in [-0.4, -0.2) is 88.3 Å². The van der Waals surface area contributed by atoms with Gasteiger partial charge in [0.05, 0.1) is 13.0 Å². The zero-order valence-electron chi connectivity index (χ0n) is 25.3. The summed E-state index contributed by atoms with van der Waals surface area (Å²) in [4.78, 5) is 79.3. The van der Waals surface area contributed by atoms with Crippen molar-refractivity contribution >= 4 is 58.2 Å². The van der Waals surface area contributed by atoms with E-state index in [0.717, 1.165) is 16.5 Å². The summed E-state index contributed by atoms with van der Waals surface area (Å²) in [6, 6.07) is 11.1. The Labute approximate surface area is 269 Å². The molecule has 4 atom stereocenters. The first-order valence-corrected chi connectivity index (χ1v) is 15.9. The molecule has 0 radical (unpaired) electrons. The molecule has 1 aromatic heterocycles. The zero-order valence-corrected chi connectivity index (χ0v) is 26.1. The largest absolute Gasteiger partial charge is 0.481 e. The minimum atomic E-state index is -1.59. The summed E-state index contributed by atoms with van der Waals surface area (Å²) in [5, 5.41) is 20.4. The van der Waals surface area contributed by atoms with Crippen molar-refractivity contribution in [3.05, 3.63) is 71.9 Å². The number of carbonyl (C=O) groups excluding carboxylic acids is 5. The molecule has 46 heavy (non-hydrogen) atoms. The third kappa shape index (κ3) is 10.6. The monoisotopic (exact) mass is 653 g/mol. The highest BCUT2D eigenvalue weighted by molar-refractivity contribution is 7.98. The summed E-state index contributed by atoms with van der Waals surface area (Å²) in [6.07, 6.45) is 2.99. The molecule has 0 fully saturated rings. The molecule has 3 aromatic rings. The number of H-pyrrole nitrogens is 1. The molecule has 0 spiro atoms. The number of carboxylic acid groups (broad SMARTS) is 1. The van der Waals surface area contributed by atoms with E-state index in [9.17, 15) is 33.9 Å². The van der Waals surface area contributed by atoms with Crippen molar-refractivity contribution in [2.45, 2.75) is 49.9 Å². The number of hydrogen-bond acceptors (Lipinski definition) is 8. The number of nitrogens with one attached hydrogen (secondary N) is 5. The molecule has 0 aliphatic heterocycles. The molecule has 15 heteroatoms. The number of para-hydroxylation sites is 1. The van der Waals surface area contributed by atoms with Crippen LogP contribution in [0.5, 0.6) is 0 Å². The van der Waals surface area contributed by atoms with E-state index < -0.39 is 66.1 Å². The van der Waals surface area contributed by atoms with Gasteiger partial charge in [-0.1, -0.05) is 48.5 Å². The van der Waals surface area contributed by atoms with Crippen LogP contribution in [0.4, 0.5) is 0 Å². The molecule has 1 heterocycles. The minimum Gasteiger partial charge on any atom is -0.481 e. The predicted molar refractivity (Wildman–Crippen MR) is 173 cm³/mol. The number of benzene rings is 2. The highest BCUT2D eigenvalue weighted by Gasteiger charge is 2.32. The number of primary amides is 1. The van der Waals surface area contributed by atoms with Crippen LogP contribution >= 0.6 is 11.8 Å². The van der Waals surface area contributed by atoms with E-state index in [4.69, 9.17) is 11.5 Å². The standard InChI is InChI=1S/C31H39N7O7S/c1-46-12-11-22(36-30(44)24(35-26(39)16-32)14-19-17-34-21-10-6-5-9-20(19)21)29(43)38-25(15-27(40)41)31(45)37-23(28(33)42)13-18-7-3-2-4-8-18/h2-10,17,22-25,34H,11-16,32H2,1H3,(H2,33,42)(H,35,39)(H,36,44)(H,37,45)(H,38,43)(H,40,41). The second-order valence-electron chi connectivity index (χ2n) is 10.5. The summed E-state index contributed by atoms with van der Waals surface area (Å²) in [7, 11) is 0. The van der Waals surface area contributed by atoms with E-state index in [0.29, 0.717) is 11.3 Å². The average molecular weight is 654 g/mol. The first kappa shape index (κ1) is 35.6. The SMILES string of the molecule is CSCCC(NC(=O)C(Cc1c[nH]c2ccccc12)NC(=O)CN)C(=O)NC(CC(=O)O)C(=O)NC(Cc1ccccc1)C(N)=O. The fraction of sp³-hybridized carbons (Fsp3) is 0.355. The van der Waals surface area contributed by atoms with Gasteiger partial charge in [-0.25, -0.2) is 0 Å². The summed E-state index contributed by atoms with van der Waals surface area (Å²) in [6.45, 7) is -0.364. The lowest BCUT2D eigenvalue weighted by Crippen LogP contribution is -2.59. The van der Waals surface area contributed by atoms with Crippen molar-refractivity contribution in [3.63, 3.8) is 0 Å². The third-order valence-corrected chi connectivity index (χ3v) is 7.78. The number of rotatable bonds is 18. The second-order valence-corrected chi connectivity index (χ2v) is 11.5. The molecule has 3 rings (SSSR count). The Morgan fingerprint density at radius 2 is 1.41 bits per heavy atom. The second kappa shape index (κ2) is 17.6. The van der Waals surface area contributed by atoms with Crippen molar-refractivity contribution in [2.24, 2.45) is 11.5 Å². The van der Waals surface area contributed by atoms with E-state index in [1.807, 2.05) is 24.3 Å². The van der Waals surface area contributed by atoms with Crippen LogP contribution in [0, 0.1) is 0 Å². The van der Waals surface area contributed by atoms with Crippen molar-refractivity contribution < 1.29 is 33.9 Å². The van der Waals surface area contributed by atoms with Gasteiger partial charge in [0.1, 0.15) is 24.2 Å². The van der Waals surface area contributed by atoms with Crippen LogP contribution in [-0.2, 0) is 41.6 Å². The number of amides is 5. The van der Waals surface area contributed by atoms with Gasteiger partial charge < -0.3 is 42.8 Å². The number of carboxylic acids is 1. The number of aromatic amines is 1. The molecule has 0 aliphatic rings. The lowest BCUT2D eigenvalue weighted by Gasteiger charge is -2.25. The van der Waals surface area contributed by atoms with Gasteiger partial charge in [0, 0.05) is 29.9 Å². The zero-order chi connectivity index (χ0) is 33.6. The first-order valence-electron chi connectivity index (χ1n) is 14.5. The Bertz CT molecular complexity index is 1530. The number of fused-ring (bicyclic) bond motifs is 1. The van der Waals surface area contributed by atoms with Crippen LogP contribution in [0.1, 0.15) is 24.0 Å². The van der Waals surface area contributed by atoms with Crippen LogP contribution in [0.2, 0.25) is 0 Å². The summed E-state index contributed by atoms with van der Waals surface area (Å²) >= 11 is 1.40. The Kier molecular flexibility index (Phi) is 13.6. The molecule has 0 bridgehead atoms. The quantitative estimate of drug-likeness (QED) is 0.0887. The summed E-state index contributed by atoms with van der Waals surface area (Å²) < 4.78 is 0. The summed E-state index contributed by atoms with van der Waals surface area (Å²) in [5.74, 6) is -4.81. The molecule has 10 N–H and O–H groups in total. The maximum Gasteiger partial charge on any atom is 0.305 e. The number of thioether (sulfide) groups is 1. The molecule has 4 unspecified atom stereocenters. The molecule has 246 valence electrons. The maximum atomic E-state index is 13.5. The smallest absolute Gasteiger partial charge is 0.305 e.